The molecule has 1 aliphatic rings. The second kappa shape index (κ2) is 8.19. The number of ether oxygens (including phenoxy) is 2. The molecule has 1 aromatic carbocycles. The molecule has 1 N–H and O–H groups in total. The molecule has 3 aromatic heterocycles. The van der Waals surface area contributed by atoms with Crippen LogP contribution >= 0.6 is 11.6 Å². The molecule has 4 aromatic rings. The summed E-state index contributed by atoms with van der Waals surface area (Å²) in [7, 11) is 4.90. The fourth-order valence-corrected chi connectivity index (χ4v) is 4.47. The van der Waals surface area contributed by atoms with Crippen LogP contribution in [-0.4, -0.2) is 68.1 Å². The maximum atomic E-state index is 15.3. The maximum absolute atomic E-state index is 15.3. The number of likely N-dealkylation sites (tertiary alicyclic amines) is 1. The second-order valence-corrected chi connectivity index (χ2v) is 8.11. The number of benzene rings is 1. The van der Waals surface area contributed by atoms with Crippen LogP contribution in [0.25, 0.3) is 28.1 Å². The minimum absolute atomic E-state index is 0.0207. The van der Waals surface area contributed by atoms with Gasteiger partial charge in [-0.3, -0.25) is 10.00 Å². The number of aromatic amines is 1. The summed E-state index contributed by atoms with van der Waals surface area (Å²) >= 11 is 6.23. The summed E-state index contributed by atoms with van der Waals surface area (Å²) in [6.07, 6.45) is 6.25. The van der Waals surface area contributed by atoms with Gasteiger partial charge in [-0.05, 0) is 12.5 Å². The fraction of sp³-hybridized carbons (Fsp3) is 0.381. The van der Waals surface area contributed by atoms with Crippen LogP contribution < -0.4 is 4.74 Å². The van der Waals surface area contributed by atoms with Crippen molar-refractivity contribution in [2.75, 3.05) is 33.9 Å². The molecule has 1 atom stereocenters. The minimum Gasteiger partial charge on any atom is -0.495 e. The second-order valence-electron chi connectivity index (χ2n) is 7.73. The minimum atomic E-state index is -0.565. The number of imidazole rings is 1. The zero-order chi connectivity index (χ0) is 22.4. The van der Waals surface area contributed by atoms with Crippen LogP contribution in [0.5, 0.6) is 5.75 Å². The molecule has 0 bridgehead atoms. The molecule has 0 saturated carbocycles. The van der Waals surface area contributed by atoms with Gasteiger partial charge in [0, 0.05) is 45.0 Å². The Bertz CT molecular complexity index is 1260. The smallest absolute Gasteiger partial charge is 0.200 e. The number of fused-ring (bicyclic) bond motifs is 1. The SMILES string of the molecule is COC[C@H](c1nc(-c2c(-n3ccnc3)c3cc(OC)c(Cl)c(F)c3n2C)n[nH]1)N1CCC1. The molecule has 0 radical (unpaired) electrons. The average Bonchev–Trinajstić information content (AvgIpc) is 3.48. The highest BCUT2D eigenvalue weighted by molar-refractivity contribution is 6.33. The van der Waals surface area contributed by atoms with E-state index in [2.05, 4.69) is 20.1 Å². The number of nitrogens with one attached hydrogen (secondary N) is 1. The van der Waals surface area contributed by atoms with Gasteiger partial charge in [-0.25, -0.2) is 14.4 Å². The molecule has 0 amide bonds. The number of rotatable bonds is 7. The first-order chi connectivity index (χ1) is 15.5. The third-order valence-electron chi connectivity index (χ3n) is 5.97. The molecule has 5 rings (SSSR count). The average molecular weight is 460 g/mol. The lowest BCUT2D eigenvalue weighted by Crippen LogP contribution is -2.42. The molecule has 0 aliphatic carbocycles. The van der Waals surface area contributed by atoms with E-state index in [0.29, 0.717) is 40.5 Å². The van der Waals surface area contributed by atoms with Crippen LogP contribution in [0, 0.1) is 5.82 Å². The first-order valence-electron chi connectivity index (χ1n) is 10.2. The van der Waals surface area contributed by atoms with Gasteiger partial charge in [0.25, 0.3) is 0 Å². The van der Waals surface area contributed by atoms with Crippen molar-refractivity contribution in [3.8, 4) is 23.0 Å². The zero-order valence-corrected chi connectivity index (χ0v) is 18.7. The van der Waals surface area contributed by atoms with Crippen LogP contribution in [0.15, 0.2) is 24.8 Å². The molecule has 0 spiro atoms. The number of H-pyrrole nitrogens is 1. The van der Waals surface area contributed by atoms with Gasteiger partial charge in [-0.1, -0.05) is 11.6 Å². The standard InChI is InChI=1S/C21H23ClFN7O2/c1-28-17-12(9-14(32-3)15(22)16(17)23)18(30-8-5-24-11-30)19(28)21-25-20(26-27-21)13(10-31-2)29-6-4-7-29/h5,8-9,11,13H,4,6-7,10H2,1-3H3,(H,25,26,27)/t13-/m1/s1. The van der Waals surface area contributed by atoms with E-state index >= 15 is 4.39 Å². The number of halogens is 2. The first kappa shape index (κ1) is 20.9. The molecule has 32 heavy (non-hydrogen) atoms. The molecule has 9 nitrogen and oxygen atoms in total. The van der Waals surface area contributed by atoms with E-state index < -0.39 is 5.82 Å². The predicted molar refractivity (Wildman–Crippen MR) is 118 cm³/mol. The summed E-state index contributed by atoms with van der Waals surface area (Å²) in [4.78, 5) is 11.2. The van der Waals surface area contributed by atoms with Crippen molar-refractivity contribution in [1.29, 1.82) is 0 Å². The topological polar surface area (TPSA) is 86.0 Å². The quantitative estimate of drug-likeness (QED) is 0.456. The van der Waals surface area contributed by atoms with Gasteiger partial charge in [-0.2, -0.15) is 5.10 Å². The van der Waals surface area contributed by atoms with Crippen LogP contribution in [-0.2, 0) is 11.8 Å². The first-order valence-corrected chi connectivity index (χ1v) is 10.6. The van der Waals surface area contributed by atoms with Crippen molar-refractivity contribution in [3.05, 3.63) is 41.5 Å². The molecule has 1 fully saturated rings. The van der Waals surface area contributed by atoms with Gasteiger partial charge in [0.1, 0.15) is 22.3 Å². The monoisotopic (exact) mass is 459 g/mol. The summed E-state index contributed by atoms with van der Waals surface area (Å²) in [6.45, 7) is 2.48. The fourth-order valence-electron chi connectivity index (χ4n) is 4.25. The summed E-state index contributed by atoms with van der Waals surface area (Å²) in [5.74, 6) is 0.839. The third kappa shape index (κ3) is 3.17. The maximum Gasteiger partial charge on any atom is 0.200 e. The van der Waals surface area contributed by atoms with Crippen molar-refractivity contribution in [3.63, 3.8) is 0 Å². The van der Waals surface area contributed by atoms with Crippen LogP contribution in [0.3, 0.4) is 0 Å². The Morgan fingerprint density at radius 2 is 2.12 bits per heavy atom. The molecule has 1 aliphatic heterocycles. The van der Waals surface area contributed by atoms with E-state index in [9.17, 15) is 0 Å². The normalized spacial score (nSPS) is 15.3. The Balaban J connectivity index is 1.73. The van der Waals surface area contributed by atoms with Crippen LogP contribution in [0.1, 0.15) is 18.3 Å². The Morgan fingerprint density at radius 1 is 1.31 bits per heavy atom. The number of aromatic nitrogens is 6. The highest BCUT2D eigenvalue weighted by Crippen LogP contribution is 2.41. The predicted octanol–water partition coefficient (Wildman–Crippen LogP) is 3.34. The van der Waals surface area contributed by atoms with Gasteiger partial charge in [0.15, 0.2) is 11.6 Å². The molecular formula is C21H23ClFN7O2. The molecule has 11 heteroatoms. The lowest BCUT2D eigenvalue weighted by Gasteiger charge is -2.36. The van der Waals surface area contributed by atoms with Crippen molar-refractivity contribution >= 4 is 22.5 Å². The van der Waals surface area contributed by atoms with E-state index in [4.69, 9.17) is 26.1 Å². The van der Waals surface area contributed by atoms with Gasteiger partial charge < -0.3 is 18.6 Å². The Hall–Kier alpha value is -2.95. The van der Waals surface area contributed by atoms with E-state index in [0.717, 1.165) is 19.5 Å². The Kier molecular flexibility index (Phi) is 5.36. The summed E-state index contributed by atoms with van der Waals surface area (Å²) in [5.41, 5.74) is 1.65. The number of aryl methyl sites for hydroxylation is 1. The number of methoxy groups -OCH3 is 2. The number of nitrogens with zero attached hydrogens (tertiary/aromatic N) is 6. The summed E-state index contributed by atoms with van der Waals surface area (Å²) in [5, 5.41) is 8.10. The van der Waals surface area contributed by atoms with E-state index in [1.54, 1.807) is 43.5 Å². The largest absolute Gasteiger partial charge is 0.495 e. The highest BCUT2D eigenvalue weighted by Gasteiger charge is 2.30. The van der Waals surface area contributed by atoms with Crippen molar-refractivity contribution < 1.29 is 13.9 Å². The summed E-state index contributed by atoms with van der Waals surface area (Å²) in [6, 6.07) is 1.70. The van der Waals surface area contributed by atoms with Crippen LogP contribution in [0.4, 0.5) is 4.39 Å². The summed E-state index contributed by atoms with van der Waals surface area (Å²) < 4.78 is 29.6. The lowest BCUT2D eigenvalue weighted by atomic mass is 10.1. The molecular weight excluding hydrogens is 437 g/mol. The Labute approximate surface area is 188 Å². The van der Waals surface area contributed by atoms with Gasteiger partial charge in [0.2, 0.25) is 0 Å². The van der Waals surface area contributed by atoms with E-state index in [1.165, 1.54) is 7.11 Å². The lowest BCUT2D eigenvalue weighted by molar-refractivity contribution is 0.0463. The Morgan fingerprint density at radius 3 is 2.75 bits per heavy atom. The molecule has 168 valence electrons. The van der Waals surface area contributed by atoms with Gasteiger partial charge in [0.05, 0.1) is 37.3 Å². The number of hydrogen-bond donors (Lipinski definition) is 1. The van der Waals surface area contributed by atoms with E-state index in [-0.39, 0.29) is 16.8 Å². The van der Waals surface area contributed by atoms with Crippen molar-refractivity contribution in [1.82, 2.24) is 34.2 Å². The van der Waals surface area contributed by atoms with Crippen molar-refractivity contribution in [2.45, 2.75) is 12.5 Å². The third-order valence-corrected chi connectivity index (χ3v) is 6.32. The number of hydrogen-bond acceptors (Lipinski definition) is 6. The van der Waals surface area contributed by atoms with E-state index in [1.807, 2.05) is 4.57 Å². The molecule has 0 unspecified atom stereocenters. The molecule has 4 heterocycles. The van der Waals surface area contributed by atoms with Crippen LogP contribution in [0.2, 0.25) is 5.02 Å². The zero-order valence-electron chi connectivity index (χ0n) is 18.0. The molecule has 1 saturated heterocycles. The highest BCUT2D eigenvalue weighted by atomic mass is 35.5. The van der Waals surface area contributed by atoms with Crippen molar-refractivity contribution in [2.24, 2.45) is 7.05 Å². The van der Waals surface area contributed by atoms with Gasteiger partial charge >= 0.3 is 0 Å². The van der Waals surface area contributed by atoms with Gasteiger partial charge in [-0.15, -0.1) is 0 Å².